The van der Waals surface area contributed by atoms with E-state index < -0.39 is 230 Å². The second kappa shape index (κ2) is 46.1. The molecular weight excluding hydrogens is 1410 g/mol. The summed E-state index contributed by atoms with van der Waals surface area (Å²) < 4.78 is 81.7. The van der Waals surface area contributed by atoms with Crippen molar-refractivity contribution in [3.05, 3.63) is 0 Å². The fraction of sp³-hybridized carbons (Fsp3) is 0.919. The smallest absolute Gasteiger partial charge is 0.234 e. The Labute approximate surface area is 597 Å². The van der Waals surface area contributed by atoms with E-state index in [1.54, 1.807) is 6.92 Å². The summed E-state index contributed by atoms with van der Waals surface area (Å²) in [6.45, 7) is -0.620. The van der Waals surface area contributed by atoms with E-state index in [4.69, 9.17) is 62.6 Å². The number of aliphatic hydroxyl groups excluding tert-OH is 19. The van der Waals surface area contributed by atoms with Crippen LogP contribution >= 0.6 is 0 Å². The number of nitrogens with two attached hydrogens (primary N) is 1. The second-order valence-corrected chi connectivity index (χ2v) is 25.9. The van der Waals surface area contributed by atoms with E-state index in [1.807, 2.05) is 0 Å². The molecule has 41 nitrogen and oxygen atoms in total. The van der Waals surface area contributed by atoms with Gasteiger partial charge in [0.15, 0.2) is 43.9 Å². The summed E-state index contributed by atoms with van der Waals surface area (Å²) in [5.74, 6) is -1.03. The van der Waals surface area contributed by atoms with Crippen LogP contribution < -0.4 is 27.2 Å². The third-order valence-electron chi connectivity index (χ3n) is 18.0. The van der Waals surface area contributed by atoms with Gasteiger partial charge in [-0.05, 0) is 65.3 Å². The number of carbonyl (C=O) groups excluding carboxylic acids is 5. The van der Waals surface area contributed by atoms with Gasteiger partial charge in [-0.3, -0.25) is 29.4 Å². The number of hydrogen-bond acceptors (Lipinski definition) is 38. The number of halogens is 1. The van der Waals surface area contributed by atoms with Crippen molar-refractivity contribution >= 4 is 29.3 Å². The van der Waals surface area contributed by atoms with Gasteiger partial charge in [-0.2, -0.15) is 0 Å². The van der Waals surface area contributed by atoms with Gasteiger partial charge in [-0.25, -0.2) is 9.82 Å². The number of hydrogen-bond donors (Lipinski definition) is 24. The Hall–Kier alpha value is -3.64. The molecule has 0 unspecified atom stereocenters. The molecule has 6 saturated heterocycles. The minimum absolute atomic E-state index is 0.0665. The molecule has 6 heterocycles. The maximum atomic E-state index is 15.8. The molecule has 0 aromatic carbocycles. The molecule has 31 atom stereocenters. The molecule has 25 N–H and O–H groups in total. The van der Waals surface area contributed by atoms with Crippen LogP contribution in [0, 0.1) is 0 Å². The van der Waals surface area contributed by atoms with Crippen LogP contribution in [0.2, 0.25) is 0 Å². The molecule has 0 saturated carbocycles. The van der Waals surface area contributed by atoms with E-state index in [0.29, 0.717) is 51.6 Å². The average molecular weight is 1520 g/mol. The first-order valence-electron chi connectivity index (χ1n) is 34.8. The second-order valence-electron chi connectivity index (χ2n) is 25.9. The first-order valence-corrected chi connectivity index (χ1v) is 34.8. The van der Waals surface area contributed by atoms with Crippen molar-refractivity contribution in [2.75, 3.05) is 72.5 Å². The van der Waals surface area contributed by atoms with E-state index in [2.05, 4.69) is 21.5 Å². The fourth-order valence-electron chi connectivity index (χ4n) is 11.7. The maximum absolute atomic E-state index is 15.8. The molecule has 0 spiro atoms. The van der Waals surface area contributed by atoms with E-state index in [1.165, 1.54) is 6.92 Å². The van der Waals surface area contributed by atoms with Crippen LogP contribution in [-0.2, 0) is 80.8 Å². The van der Waals surface area contributed by atoms with Crippen molar-refractivity contribution in [3.8, 4) is 0 Å². The first-order chi connectivity index (χ1) is 49.5. The monoisotopic (exact) mass is 1520 g/mol. The van der Waals surface area contributed by atoms with Gasteiger partial charge in [0.2, 0.25) is 17.7 Å². The van der Waals surface area contributed by atoms with Gasteiger partial charge in [0, 0.05) is 45.2 Å². The topological polar surface area (TPSA) is 655 Å². The van der Waals surface area contributed by atoms with Crippen molar-refractivity contribution in [1.29, 1.82) is 0 Å². The van der Waals surface area contributed by atoms with Crippen molar-refractivity contribution in [2.45, 2.75) is 288 Å². The Kier molecular flexibility index (Phi) is 40.3. The van der Waals surface area contributed by atoms with Crippen LogP contribution in [0.15, 0.2) is 0 Å². The van der Waals surface area contributed by atoms with Crippen LogP contribution in [-0.4, -0.2) is 389 Å². The molecule has 6 aliphatic heterocycles. The SMILES string of the molecule is CC(=O)[C@H](CCCCN)NNC(=O)CCCCC(=O)NCCO[C@H]1O[C@H](CO[C@H]2O[C@H](CO)[C@@H](O)[C@H](O)[C@@H]2O)[C@@H](O)[C@H](O[C@H]2O[C@H](CO)[C@@H](O)[C@H](O)[C@@H]2O)[C@@H]1O.CCNC(=O)CCCCC(=O)CCCO[C@@H]1O[C@H](CO[C@H]2O[C@H](CO)[C@@H](O)[C@H](O)[C@@H]2O)[C@@H](O)[C@H](O[C@H]2O[C@H](CO)[C@@H](O)[C@H](O)[C@@H]2O)[C@H]1F. The first kappa shape index (κ1) is 91.0. The quantitative estimate of drug-likeness (QED) is 0.0200. The van der Waals surface area contributed by atoms with Gasteiger partial charge in [0.1, 0.15) is 152 Å². The van der Waals surface area contributed by atoms with E-state index >= 15 is 4.39 Å². The van der Waals surface area contributed by atoms with E-state index in [-0.39, 0.29) is 81.2 Å². The highest BCUT2D eigenvalue weighted by atomic mass is 19.1. The summed E-state index contributed by atoms with van der Waals surface area (Å²) in [5, 5.41) is 199. The van der Waals surface area contributed by atoms with E-state index in [9.17, 15) is 121 Å². The molecular formula is C62H110FN5O36. The number of hydrazine groups is 1. The average Bonchev–Trinajstić information content (AvgIpc) is 0.794. The van der Waals surface area contributed by atoms with Gasteiger partial charge in [-0.1, -0.05) is 6.42 Å². The summed E-state index contributed by atoms with van der Waals surface area (Å²) in [7, 11) is 0. The molecule has 0 aromatic rings. The Morgan fingerprint density at radius 1 is 0.413 bits per heavy atom. The molecule has 6 fully saturated rings. The molecule has 42 heteroatoms. The van der Waals surface area contributed by atoms with Crippen molar-refractivity contribution in [2.24, 2.45) is 5.73 Å². The summed E-state index contributed by atoms with van der Waals surface area (Å²) >= 11 is 0. The van der Waals surface area contributed by atoms with Crippen molar-refractivity contribution < 1.29 is 182 Å². The molecule has 606 valence electrons. The number of carbonyl (C=O) groups is 5. The Morgan fingerprint density at radius 3 is 1.26 bits per heavy atom. The van der Waals surface area contributed by atoms with Gasteiger partial charge in [0.05, 0.1) is 58.9 Å². The van der Waals surface area contributed by atoms with Crippen LogP contribution in [0.25, 0.3) is 0 Å². The number of Topliss-reactive ketones (excluding diaryl/α,β-unsaturated/α-hetero) is 2. The van der Waals surface area contributed by atoms with Crippen molar-refractivity contribution in [3.63, 3.8) is 0 Å². The Balaban J connectivity index is 0.000000378. The number of alkyl halides is 1. The predicted molar refractivity (Wildman–Crippen MR) is 340 cm³/mol. The lowest BCUT2D eigenvalue weighted by Crippen LogP contribution is -2.65. The Bertz CT molecular complexity index is 2500. The lowest BCUT2D eigenvalue weighted by Gasteiger charge is -2.46. The van der Waals surface area contributed by atoms with Crippen molar-refractivity contribution in [1.82, 2.24) is 21.5 Å². The zero-order valence-corrected chi connectivity index (χ0v) is 57.8. The third kappa shape index (κ3) is 26.6. The highest BCUT2D eigenvalue weighted by Gasteiger charge is 2.55. The number of aliphatic hydroxyl groups is 19. The molecule has 104 heavy (non-hydrogen) atoms. The molecule has 6 aliphatic rings. The summed E-state index contributed by atoms with van der Waals surface area (Å²) in [5.41, 5.74) is 10.7. The highest BCUT2D eigenvalue weighted by Crippen LogP contribution is 2.35. The molecule has 3 amide bonds. The van der Waals surface area contributed by atoms with Gasteiger partial charge in [0.25, 0.3) is 0 Å². The number of unbranched alkanes of at least 4 members (excludes halogenated alkanes) is 3. The fourth-order valence-corrected chi connectivity index (χ4v) is 11.7. The van der Waals surface area contributed by atoms with Crippen LogP contribution in [0.4, 0.5) is 4.39 Å². The normalized spacial score (nSPS) is 38.5. The molecule has 6 rings (SSSR count). The zero-order chi connectivity index (χ0) is 77.1. The summed E-state index contributed by atoms with van der Waals surface area (Å²) in [6.07, 6.45) is -46.7. The summed E-state index contributed by atoms with van der Waals surface area (Å²) in [4.78, 5) is 60.2. The minimum Gasteiger partial charge on any atom is -0.394 e. The number of nitrogens with one attached hydrogen (secondary N) is 4. The molecule has 0 aromatic heterocycles. The maximum Gasteiger partial charge on any atom is 0.234 e. The number of amides is 3. The molecule has 0 aliphatic carbocycles. The Morgan fingerprint density at radius 2 is 0.798 bits per heavy atom. The third-order valence-corrected chi connectivity index (χ3v) is 18.0. The lowest BCUT2D eigenvalue weighted by atomic mass is 9.96. The minimum atomic E-state index is -2.26. The number of ether oxygens (including phenoxy) is 12. The number of ketones is 2. The largest absolute Gasteiger partial charge is 0.394 e. The summed E-state index contributed by atoms with van der Waals surface area (Å²) in [6, 6.07) is -0.528. The van der Waals surface area contributed by atoms with Crippen LogP contribution in [0.3, 0.4) is 0 Å². The lowest BCUT2D eigenvalue weighted by molar-refractivity contribution is -0.366. The number of rotatable bonds is 41. The molecule has 0 radical (unpaired) electrons. The predicted octanol–water partition coefficient (Wildman–Crippen LogP) is -11.7. The zero-order valence-electron chi connectivity index (χ0n) is 57.8. The van der Waals surface area contributed by atoms with Gasteiger partial charge < -0.3 is 170 Å². The van der Waals surface area contributed by atoms with Gasteiger partial charge >= 0.3 is 0 Å². The molecule has 0 bridgehead atoms. The standard InChI is InChI=1S/C33H60N4O19.C29H50FNO17/c1-15(40)16(6-4-5-9-34)36-37-21(42)8-3-2-7-20(41)35-10-11-51-32-29(50)30(56-33-28(49)26(47)23(44)18(13-39)54-33)24(45)19(55-32)14-52-31-27(48)25(46)22(43)17(12-38)53-31;1-2-31-17(35)8-4-3-6-13(34)7-5-9-43-27-18(30)26(48-29-25(42)23(40)20(37)15(11-33)46-29)21(38)16(47-27)12-44-28-24(41)22(39)19(36)14(10-32)45-28/h16-19,22-33,36,38-39,43-50H,2-14,34H2,1H3,(H,35,41)(H,37,42);14-16,18-29,32-33,36-42H,2-12H2,1H3,(H,31,35)/t16-,17+,18+,19+,22+,23+,24+,25-,26-,27-,28-,29-,30-,31-,32-,33+;14-,15-,16-,18-,19-,20-,21-,22+,23+,24+,25+,26-,27-,28+,29-/m01/s1. The highest BCUT2D eigenvalue weighted by molar-refractivity contribution is 5.82. The van der Waals surface area contributed by atoms with Gasteiger partial charge in [-0.15, -0.1) is 0 Å². The van der Waals surface area contributed by atoms with Crippen LogP contribution in [0.1, 0.15) is 97.3 Å². The van der Waals surface area contributed by atoms with Crippen LogP contribution in [0.5, 0.6) is 0 Å². The van der Waals surface area contributed by atoms with E-state index in [0.717, 1.165) is 12.8 Å².